The average molecular weight is 380 g/mol. The van der Waals surface area contributed by atoms with Crippen molar-refractivity contribution < 1.29 is 9.53 Å². The van der Waals surface area contributed by atoms with Gasteiger partial charge in [-0.3, -0.25) is 9.88 Å². The summed E-state index contributed by atoms with van der Waals surface area (Å²) in [6, 6.07) is 13.7. The number of urea groups is 1. The molecule has 6 nitrogen and oxygen atoms in total. The first kappa shape index (κ1) is 18.9. The zero-order valence-electron chi connectivity index (χ0n) is 16.2. The SMILES string of the molecule is O=C(Nc1ccccc1)N1CCC[C@]2(CC1)CN(Cc1cccnc1)CCO2. The van der Waals surface area contributed by atoms with Gasteiger partial charge in [0.05, 0.1) is 12.2 Å². The summed E-state index contributed by atoms with van der Waals surface area (Å²) in [5, 5.41) is 3.00. The number of carbonyl (C=O) groups is 1. The number of ether oxygens (including phenoxy) is 1. The maximum atomic E-state index is 12.7. The van der Waals surface area contributed by atoms with Gasteiger partial charge >= 0.3 is 6.03 Å². The fourth-order valence-corrected chi connectivity index (χ4v) is 4.21. The van der Waals surface area contributed by atoms with Gasteiger partial charge in [-0.1, -0.05) is 24.3 Å². The van der Waals surface area contributed by atoms with E-state index in [-0.39, 0.29) is 11.6 Å². The lowest BCUT2D eigenvalue weighted by atomic mass is 9.92. The van der Waals surface area contributed by atoms with Gasteiger partial charge in [-0.2, -0.15) is 0 Å². The van der Waals surface area contributed by atoms with Crippen LogP contribution >= 0.6 is 0 Å². The first-order chi connectivity index (χ1) is 13.7. The molecule has 0 saturated carbocycles. The fourth-order valence-electron chi connectivity index (χ4n) is 4.21. The molecule has 2 amide bonds. The Morgan fingerprint density at radius 2 is 2.00 bits per heavy atom. The molecular weight excluding hydrogens is 352 g/mol. The monoisotopic (exact) mass is 380 g/mol. The first-order valence-corrected chi connectivity index (χ1v) is 10.1. The number of nitrogens with zero attached hydrogens (tertiary/aromatic N) is 3. The van der Waals surface area contributed by atoms with Gasteiger partial charge in [-0.15, -0.1) is 0 Å². The summed E-state index contributed by atoms with van der Waals surface area (Å²) in [5.41, 5.74) is 1.92. The fraction of sp³-hybridized carbons (Fsp3) is 0.455. The van der Waals surface area contributed by atoms with Crippen LogP contribution in [-0.2, 0) is 11.3 Å². The molecule has 0 aliphatic carbocycles. The first-order valence-electron chi connectivity index (χ1n) is 10.1. The van der Waals surface area contributed by atoms with Crippen molar-refractivity contribution >= 4 is 11.7 Å². The number of carbonyl (C=O) groups excluding carboxylic acids is 1. The molecule has 3 heterocycles. The highest BCUT2D eigenvalue weighted by molar-refractivity contribution is 5.89. The molecule has 1 atom stereocenters. The molecule has 0 unspecified atom stereocenters. The number of pyridine rings is 1. The Bertz CT molecular complexity index is 771. The second-order valence-electron chi connectivity index (χ2n) is 7.74. The van der Waals surface area contributed by atoms with Crippen molar-refractivity contribution in [2.45, 2.75) is 31.4 Å². The molecule has 6 heteroatoms. The van der Waals surface area contributed by atoms with Gasteiger partial charge in [0.1, 0.15) is 0 Å². The molecule has 28 heavy (non-hydrogen) atoms. The molecule has 0 bridgehead atoms. The minimum Gasteiger partial charge on any atom is -0.372 e. The minimum absolute atomic E-state index is 0.0220. The maximum absolute atomic E-state index is 12.7. The third-order valence-corrected chi connectivity index (χ3v) is 5.67. The van der Waals surface area contributed by atoms with Crippen molar-refractivity contribution in [1.29, 1.82) is 0 Å². The Hall–Kier alpha value is -2.44. The third kappa shape index (κ3) is 4.69. The zero-order valence-corrected chi connectivity index (χ0v) is 16.2. The molecule has 1 N–H and O–H groups in total. The smallest absolute Gasteiger partial charge is 0.321 e. The van der Waals surface area contributed by atoms with E-state index in [0.717, 1.165) is 64.3 Å². The molecule has 1 spiro atoms. The van der Waals surface area contributed by atoms with E-state index < -0.39 is 0 Å². The molecule has 2 saturated heterocycles. The summed E-state index contributed by atoms with van der Waals surface area (Å²) in [7, 11) is 0. The Balaban J connectivity index is 1.35. The minimum atomic E-state index is -0.151. The van der Waals surface area contributed by atoms with Gasteiger partial charge in [-0.25, -0.2) is 4.79 Å². The lowest BCUT2D eigenvalue weighted by Gasteiger charge is -2.42. The van der Waals surface area contributed by atoms with E-state index in [9.17, 15) is 4.79 Å². The third-order valence-electron chi connectivity index (χ3n) is 5.67. The van der Waals surface area contributed by atoms with E-state index in [0.29, 0.717) is 0 Å². The summed E-state index contributed by atoms with van der Waals surface area (Å²) < 4.78 is 6.29. The number of anilines is 1. The molecule has 148 valence electrons. The highest BCUT2D eigenvalue weighted by Crippen LogP contribution is 2.31. The summed E-state index contributed by atoms with van der Waals surface area (Å²) in [4.78, 5) is 21.3. The molecule has 0 radical (unpaired) electrons. The maximum Gasteiger partial charge on any atom is 0.321 e. The number of amides is 2. The number of aromatic nitrogens is 1. The van der Waals surface area contributed by atoms with E-state index in [4.69, 9.17) is 4.74 Å². The predicted molar refractivity (Wildman–Crippen MR) is 109 cm³/mol. The number of hydrogen-bond donors (Lipinski definition) is 1. The van der Waals surface area contributed by atoms with E-state index in [1.54, 1.807) is 0 Å². The zero-order chi connectivity index (χ0) is 19.2. The molecule has 1 aromatic carbocycles. The lowest BCUT2D eigenvalue weighted by Crippen LogP contribution is -2.52. The van der Waals surface area contributed by atoms with Gasteiger partial charge in [0.2, 0.25) is 0 Å². The Morgan fingerprint density at radius 3 is 2.82 bits per heavy atom. The Morgan fingerprint density at radius 1 is 1.11 bits per heavy atom. The molecule has 2 aliphatic rings. The number of likely N-dealkylation sites (tertiary alicyclic amines) is 1. The van der Waals surface area contributed by atoms with Gasteiger partial charge in [-0.05, 0) is 43.0 Å². The van der Waals surface area contributed by atoms with Crippen molar-refractivity contribution in [3.05, 3.63) is 60.4 Å². The summed E-state index contributed by atoms with van der Waals surface area (Å²) in [5.74, 6) is 0. The van der Waals surface area contributed by atoms with Crippen LogP contribution in [0.15, 0.2) is 54.9 Å². The number of benzene rings is 1. The summed E-state index contributed by atoms with van der Waals surface area (Å²) in [6.45, 7) is 4.99. The van der Waals surface area contributed by atoms with Crippen LogP contribution in [0.4, 0.5) is 10.5 Å². The van der Waals surface area contributed by atoms with Crippen molar-refractivity contribution in [2.24, 2.45) is 0 Å². The van der Waals surface area contributed by atoms with Crippen LogP contribution in [0, 0.1) is 0 Å². The van der Waals surface area contributed by atoms with E-state index in [1.807, 2.05) is 53.7 Å². The Labute approximate surface area is 166 Å². The quantitative estimate of drug-likeness (QED) is 0.887. The van der Waals surface area contributed by atoms with Gasteiger partial charge < -0.3 is 15.0 Å². The number of nitrogens with one attached hydrogen (secondary N) is 1. The second-order valence-corrected chi connectivity index (χ2v) is 7.74. The van der Waals surface area contributed by atoms with Gasteiger partial charge in [0, 0.05) is 50.8 Å². The van der Waals surface area contributed by atoms with E-state index >= 15 is 0 Å². The van der Waals surface area contributed by atoms with Crippen molar-refractivity contribution in [3.8, 4) is 0 Å². The second kappa shape index (κ2) is 8.71. The average Bonchev–Trinajstić information content (AvgIpc) is 2.92. The number of rotatable bonds is 3. The summed E-state index contributed by atoms with van der Waals surface area (Å²) in [6.07, 6.45) is 6.57. The van der Waals surface area contributed by atoms with Crippen molar-refractivity contribution in [3.63, 3.8) is 0 Å². The number of para-hydroxylation sites is 1. The number of hydrogen-bond acceptors (Lipinski definition) is 4. The molecule has 2 fully saturated rings. The highest BCUT2D eigenvalue weighted by Gasteiger charge is 2.38. The van der Waals surface area contributed by atoms with Crippen molar-refractivity contribution in [1.82, 2.24) is 14.8 Å². The Kier molecular flexibility index (Phi) is 5.88. The van der Waals surface area contributed by atoms with Crippen LogP contribution in [0.5, 0.6) is 0 Å². The van der Waals surface area contributed by atoms with Crippen LogP contribution < -0.4 is 5.32 Å². The van der Waals surface area contributed by atoms with Gasteiger partial charge in [0.25, 0.3) is 0 Å². The summed E-state index contributed by atoms with van der Waals surface area (Å²) >= 11 is 0. The van der Waals surface area contributed by atoms with Crippen LogP contribution in [0.2, 0.25) is 0 Å². The lowest BCUT2D eigenvalue weighted by molar-refractivity contribution is -0.117. The molecule has 1 aromatic heterocycles. The van der Waals surface area contributed by atoms with E-state index in [2.05, 4.69) is 21.3 Å². The van der Waals surface area contributed by atoms with Crippen LogP contribution in [0.3, 0.4) is 0 Å². The highest BCUT2D eigenvalue weighted by atomic mass is 16.5. The van der Waals surface area contributed by atoms with Crippen LogP contribution in [0.1, 0.15) is 24.8 Å². The molecule has 2 aromatic rings. The van der Waals surface area contributed by atoms with Gasteiger partial charge in [0.15, 0.2) is 0 Å². The predicted octanol–water partition coefficient (Wildman–Crippen LogP) is 3.37. The van der Waals surface area contributed by atoms with Crippen LogP contribution in [0.25, 0.3) is 0 Å². The molecule has 4 rings (SSSR count). The molecule has 2 aliphatic heterocycles. The number of morpholine rings is 1. The van der Waals surface area contributed by atoms with Crippen LogP contribution in [-0.4, -0.2) is 59.2 Å². The van der Waals surface area contributed by atoms with Crippen molar-refractivity contribution in [2.75, 3.05) is 38.1 Å². The topological polar surface area (TPSA) is 57.7 Å². The van der Waals surface area contributed by atoms with E-state index in [1.165, 1.54) is 5.56 Å². The standard InChI is InChI=1S/C22H28N4O2/c27-21(24-20-7-2-1-3-8-20)26-12-5-9-22(10-13-26)18-25(14-15-28-22)17-19-6-4-11-23-16-19/h1-4,6-8,11,16H,5,9-10,12-15,17-18H2,(H,24,27)/t22-/m0/s1. The largest absolute Gasteiger partial charge is 0.372 e. The molecular formula is C22H28N4O2. The normalized spacial score (nSPS) is 23.4.